The summed E-state index contributed by atoms with van der Waals surface area (Å²) in [6.45, 7) is 2.31. The number of carbonyl (C=O) groups excluding carboxylic acids is 1. The van der Waals surface area contributed by atoms with Crippen LogP contribution in [0.5, 0.6) is 0 Å². The fourth-order valence-corrected chi connectivity index (χ4v) is 1.10. The predicted molar refractivity (Wildman–Crippen MR) is 57.4 cm³/mol. The van der Waals surface area contributed by atoms with E-state index in [-0.39, 0.29) is 10.3 Å². The van der Waals surface area contributed by atoms with E-state index >= 15 is 0 Å². The van der Waals surface area contributed by atoms with Crippen LogP contribution in [0.4, 0.5) is 0 Å². The third kappa shape index (κ3) is 3.32. The molecular formula is C9H12N2O3S. The number of hydrogen-bond donors (Lipinski definition) is 2. The molecule has 0 atom stereocenters. The molecule has 0 amide bonds. The molecule has 1 aromatic heterocycles. The highest BCUT2D eigenvalue weighted by molar-refractivity contribution is 7.71. The van der Waals surface area contributed by atoms with E-state index in [1.54, 1.807) is 0 Å². The number of aromatic nitrogens is 2. The molecule has 1 heterocycles. The number of rotatable bonds is 4. The molecule has 15 heavy (non-hydrogen) atoms. The van der Waals surface area contributed by atoms with Gasteiger partial charge in [-0.1, -0.05) is 13.3 Å². The predicted octanol–water partition coefficient (Wildman–Crippen LogP) is 1.39. The summed E-state index contributed by atoms with van der Waals surface area (Å²) in [5, 5.41) is 0. The van der Waals surface area contributed by atoms with Gasteiger partial charge in [-0.2, -0.15) is 0 Å². The van der Waals surface area contributed by atoms with Crippen molar-refractivity contribution in [1.82, 2.24) is 9.97 Å². The van der Waals surface area contributed by atoms with Crippen molar-refractivity contribution >= 4 is 18.2 Å². The highest BCUT2D eigenvalue weighted by Gasteiger charge is 2.11. The van der Waals surface area contributed by atoms with E-state index in [9.17, 15) is 9.59 Å². The first-order chi connectivity index (χ1) is 7.15. The second-order valence-corrected chi connectivity index (χ2v) is 3.38. The monoisotopic (exact) mass is 228 g/mol. The zero-order chi connectivity index (χ0) is 11.3. The zero-order valence-electron chi connectivity index (χ0n) is 8.33. The highest BCUT2D eigenvalue weighted by Crippen LogP contribution is 1.95. The maximum atomic E-state index is 11.4. The molecule has 0 saturated heterocycles. The van der Waals surface area contributed by atoms with E-state index in [1.807, 2.05) is 6.92 Å². The van der Waals surface area contributed by atoms with Crippen molar-refractivity contribution < 1.29 is 9.53 Å². The SMILES string of the molecule is CCCCOC(=O)c1c[nH]c(=S)[nH]c1=O. The first-order valence-corrected chi connectivity index (χ1v) is 5.05. The summed E-state index contributed by atoms with van der Waals surface area (Å²) in [6.07, 6.45) is 2.97. The van der Waals surface area contributed by atoms with E-state index in [1.165, 1.54) is 6.20 Å². The Morgan fingerprint density at radius 1 is 1.60 bits per heavy atom. The van der Waals surface area contributed by atoms with Crippen molar-refractivity contribution in [3.63, 3.8) is 0 Å². The van der Waals surface area contributed by atoms with E-state index < -0.39 is 11.5 Å². The normalized spacial score (nSPS) is 9.93. The second-order valence-electron chi connectivity index (χ2n) is 2.98. The quantitative estimate of drug-likeness (QED) is 0.464. The molecule has 0 aliphatic carbocycles. The maximum absolute atomic E-state index is 11.4. The Kier molecular flexibility index (Phi) is 4.23. The fourth-order valence-electron chi connectivity index (χ4n) is 0.948. The van der Waals surface area contributed by atoms with Gasteiger partial charge in [-0.3, -0.25) is 9.78 Å². The second kappa shape index (κ2) is 5.45. The number of carbonyl (C=O) groups is 1. The van der Waals surface area contributed by atoms with Gasteiger partial charge >= 0.3 is 5.97 Å². The first-order valence-electron chi connectivity index (χ1n) is 4.64. The van der Waals surface area contributed by atoms with Crippen LogP contribution in [0.15, 0.2) is 11.0 Å². The first kappa shape index (κ1) is 11.6. The lowest BCUT2D eigenvalue weighted by molar-refractivity contribution is 0.0497. The molecule has 2 N–H and O–H groups in total. The number of esters is 1. The lowest BCUT2D eigenvalue weighted by Crippen LogP contribution is -2.20. The summed E-state index contributed by atoms with van der Waals surface area (Å²) in [6, 6.07) is 0. The van der Waals surface area contributed by atoms with E-state index in [0.29, 0.717) is 6.61 Å². The van der Waals surface area contributed by atoms with Gasteiger partial charge in [-0.15, -0.1) is 0 Å². The van der Waals surface area contributed by atoms with Crippen LogP contribution in [0.2, 0.25) is 0 Å². The fraction of sp³-hybridized carbons (Fsp3) is 0.444. The Morgan fingerprint density at radius 2 is 2.33 bits per heavy atom. The largest absolute Gasteiger partial charge is 0.462 e. The van der Waals surface area contributed by atoms with Gasteiger partial charge in [0.15, 0.2) is 4.77 Å². The van der Waals surface area contributed by atoms with Crippen molar-refractivity contribution in [2.24, 2.45) is 0 Å². The molecule has 82 valence electrons. The highest BCUT2D eigenvalue weighted by atomic mass is 32.1. The van der Waals surface area contributed by atoms with Crippen molar-refractivity contribution in [1.29, 1.82) is 0 Å². The Morgan fingerprint density at radius 3 is 2.93 bits per heavy atom. The Hall–Kier alpha value is -1.43. The standard InChI is InChI=1S/C9H12N2O3S/c1-2-3-4-14-8(13)6-5-10-9(15)11-7(6)12/h5H,2-4H2,1H3,(H2,10,11,12,15). The molecule has 0 unspecified atom stereocenters. The molecule has 0 saturated carbocycles. The van der Waals surface area contributed by atoms with Gasteiger partial charge in [0.2, 0.25) is 0 Å². The molecule has 0 aromatic carbocycles. The molecule has 1 rings (SSSR count). The van der Waals surface area contributed by atoms with Gasteiger partial charge in [-0.05, 0) is 18.6 Å². The number of aromatic amines is 2. The molecule has 5 nitrogen and oxygen atoms in total. The van der Waals surface area contributed by atoms with E-state index in [2.05, 4.69) is 22.2 Å². The number of H-pyrrole nitrogens is 2. The van der Waals surface area contributed by atoms with E-state index in [4.69, 9.17) is 4.74 Å². The number of nitrogens with one attached hydrogen (secondary N) is 2. The summed E-state index contributed by atoms with van der Waals surface area (Å²) >= 11 is 4.69. The van der Waals surface area contributed by atoms with Crippen LogP contribution < -0.4 is 5.56 Å². The molecule has 0 aliphatic heterocycles. The van der Waals surface area contributed by atoms with Crippen LogP contribution in [-0.2, 0) is 4.74 Å². The summed E-state index contributed by atoms with van der Waals surface area (Å²) in [7, 11) is 0. The average molecular weight is 228 g/mol. The van der Waals surface area contributed by atoms with Crippen molar-refractivity contribution in [3.8, 4) is 0 Å². The Bertz CT molecular complexity index is 449. The van der Waals surface area contributed by atoms with Crippen molar-refractivity contribution in [2.45, 2.75) is 19.8 Å². The molecule has 6 heteroatoms. The van der Waals surface area contributed by atoms with Gasteiger partial charge in [-0.25, -0.2) is 4.79 Å². The molecule has 0 fully saturated rings. The smallest absolute Gasteiger partial charge is 0.345 e. The van der Waals surface area contributed by atoms with Gasteiger partial charge in [0, 0.05) is 6.20 Å². The van der Waals surface area contributed by atoms with Crippen LogP contribution in [0.1, 0.15) is 30.1 Å². The summed E-state index contributed by atoms with van der Waals surface area (Å²) in [5.41, 5.74) is -0.583. The van der Waals surface area contributed by atoms with E-state index in [0.717, 1.165) is 12.8 Å². The van der Waals surface area contributed by atoms with Gasteiger partial charge in [0.1, 0.15) is 5.56 Å². The minimum atomic E-state index is -0.629. The van der Waals surface area contributed by atoms with Gasteiger partial charge in [0.05, 0.1) is 6.61 Å². The van der Waals surface area contributed by atoms with Gasteiger partial charge in [0.25, 0.3) is 5.56 Å². The van der Waals surface area contributed by atoms with Crippen LogP contribution in [0, 0.1) is 4.77 Å². The minimum Gasteiger partial charge on any atom is -0.462 e. The maximum Gasteiger partial charge on any atom is 0.345 e. The summed E-state index contributed by atoms with van der Waals surface area (Å²) < 4.78 is 5.06. The third-order valence-electron chi connectivity index (χ3n) is 1.77. The van der Waals surface area contributed by atoms with Crippen LogP contribution >= 0.6 is 12.2 Å². The van der Waals surface area contributed by atoms with Gasteiger partial charge < -0.3 is 9.72 Å². The average Bonchev–Trinajstić information content (AvgIpc) is 2.17. The Labute approximate surface area is 91.5 Å². The van der Waals surface area contributed by atoms with Crippen LogP contribution in [0.3, 0.4) is 0 Å². The molecule has 0 radical (unpaired) electrons. The topological polar surface area (TPSA) is 75.0 Å². The number of hydrogen-bond acceptors (Lipinski definition) is 4. The molecular weight excluding hydrogens is 216 g/mol. The number of ether oxygens (including phenoxy) is 1. The minimum absolute atomic E-state index is 0.0558. The zero-order valence-corrected chi connectivity index (χ0v) is 9.15. The lowest BCUT2D eigenvalue weighted by atomic mass is 10.3. The Balaban J connectivity index is 2.74. The summed E-state index contributed by atoms with van der Waals surface area (Å²) in [4.78, 5) is 27.5. The molecule has 0 aliphatic rings. The lowest BCUT2D eigenvalue weighted by Gasteiger charge is -2.02. The van der Waals surface area contributed by atoms with Crippen LogP contribution in [0.25, 0.3) is 0 Å². The number of unbranched alkanes of at least 4 members (excludes halogenated alkanes) is 1. The molecule has 0 spiro atoms. The summed E-state index contributed by atoms with van der Waals surface area (Å²) in [5.74, 6) is -0.629. The molecule has 1 aromatic rings. The van der Waals surface area contributed by atoms with Crippen molar-refractivity contribution in [2.75, 3.05) is 6.61 Å². The molecule has 0 bridgehead atoms. The third-order valence-corrected chi connectivity index (χ3v) is 1.99. The van der Waals surface area contributed by atoms with Crippen molar-refractivity contribution in [3.05, 3.63) is 26.9 Å². The van der Waals surface area contributed by atoms with Crippen LogP contribution in [-0.4, -0.2) is 22.5 Å².